The number of pyridine rings is 2. The Morgan fingerprint density at radius 2 is 2.07 bits per heavy atom. The second kappa shape index (κ2) is 6.45. The molecule has 0 radical (unpaired) electrons. The minimum atomic E-state index is -0.124. The minimum Gasteiger partial charge on any atom is -0.294 e. The zero-order valence-electron chi connectivity index (χ0n) is 14.5. The molecule has 0 spiro atoms. The lowest BCUT2D eigenvalue weighted by Gasteiger charge is -2.10. The van der Waals surface area contributed by atoms with Crippen LogP contribution in [-0.4, -0.2) is 30.2 Å². The molecule has 0 bridgehead atoms. The highest BCUT2D eigenvalue weighted by Gasteiger charge is 2.17. The van der Waals surface area contributed by atoms with E-state index in [4.69, 9.17) is 10.2 Å². The molecule has 4 rings (SSSR count). The van der Waals surface area contributed by atoms with E-state index in [0.717, 1.165) is 21.2 Å². The van der Waals surface area contributed by atoms with Gasteiger partial charge in [0, 0.05) is 21.9 Å². The molecule has 0 aliphatic carbocycles. The molecule has 0 aromatic carbocycles. The Balaban J connectivity index is 1.94. The summed E-state index contributed by atoms with van der Waals surface area (Å²) in [6, 6.07) is 11.1. The zero-order valence-corrected chi connectivity index (χ0v) is 16.1. The van der Waals surface area contributed by atoms with E-state index >= 15 is 0 Å². The third kappa shape index (κ3) is 2.92. The predicted octanol–water partition coefficient (Wildman–Crippen LogP) is 3.73. The third-order valence-electron chi connectivity index (χ3n) is 4.21. The van der Waals surface area contributed by atoms with Crippen molar-refractivity contribution in [2.24, 2.45) is 0 Å². The van der Waals surface area contributed by atoms with Crippen molar-refractivity contribution in [1.82, 2.24) is 24.4 Å². The summed E-state index contributed by atoms with van der Waals surface area (Å²) in [7, 11) is 0. The third-order valence-corrected chi connectivity index (χ3v) is 4.68. The summed E-state index contributed by atoms with van der Waals surface area (Å²) >= 11 is 3.43. The molecule has 0 saturated heterocycles. The zero-order chi connectivity index (χ0) is 19.1. The number of Topliss-reactive ketones (excluding diaryl/α,β-unsaturated/α-hetero) is 1. The Morgan fingerprint density at radius 3 is 2.78 bits per heavy atom. The molecule has 0 atom stereocenters. The number of halogens is 1. The van der Waals surface area contributed by atoms with Gasteiger partial charge in [0.2, 0.25) is 0 Å². The van der Waals surface area contributed by atoms with Crippen LogP contribution >= 0.6 is 15.9 Å². The van der Waals surface area contributed by atoms with Crippen LogP contribution in [0.5, 0.6) is 0 Å². The molecule has 0 amide bonds. The van der Waals surface area contributed by atoms with Gasteiger partial charge >= 0.3 is 0 Å². The lowest BCUT2D eigenvalue weighted by molar-refractivity contribution is 0.101. The number of rotatable bonds is 3. The molecule has 132 valence electrons. The molecular formula is C19H13BrN6O. The summed E-state index contributed by atoms with van der Waals surface area (Å²) in [4.78, 5) is 16.8. The van der Waals surface area contributed by atoms with E-state index in [1.165, 1.54) is 11.6 Å². The Bertz CT molecular complexity index is 1250. The Hall–Kier alpha value is -3.31. The second-order valence-electron chi connectivity index (χ2n) is 6.05. The maximum absolute atomic E-state index is 12.1. The molecule has 0 saturated carbocycles. The van der Waals surface area contributed by atoms with E-state index in [0.29, 0.717) is 17.1 Å². The number of carbonyl (C=O) groups is 1. The standard InChI is InChI=1S/C19H13BrN6O/c1-11-7-14(8-21)24-26(11)19-15(12(2)27)4-5-17(23-19)16-9-22-25-10-13(20)3-6-18(16)25/h3-7,9-10H,1-2H3. The van der Waals surface area contributed by atoms with Gasteiger partial charge in [-0.3, -0.25) is 4.79 Å². The number of hydrogen-bond donors (Lipinski definition) is 0. The molecule has 0 N–H and O–H groups in total. The second-order valence-corrected chi connectivity index (χ2v) is 6.97. The van der Waals surface area contributed by atoms with Crippen molar-refractivity contribution in [3.8, 4) is 23.1 Å². The van der Waals surface area contributed by atoms with Crippen LogP contribution < -0.4 is 0 Å². The Morgan fingerprint density at radius 1 is 1.26 bits per heavy atom. The number of nitrogens with zero attached hydrogens (tertiary/aromatic N) is 6. The number of ketones is 1. The van der Waals surface area contributed by atoms with Crippen molar-refractivity contribution >= 4 is 27.2 Å². The first kappa shape index (κ1) is 17.1. The first-order chi connectivity index (χ1) is 13.0. The van der Waals surface area contributed by atoms with Crippen LogP contribution in [0.15, 0.2) is 47.2 Å². The maximum atomic E-state index is 12.1. The van der Waals surface area contributed by atoms with E-state index in [1.807, 2.05) is 31.3 Å². The fourth-order valence-corrected chi connectivity index (χ4v) is 3.26. The van der Waals surface area contributed by atoms with Gasteiger partial charge in [-0.05, 0) is 60.1 Å². The van der Waals surface area contributed by atoms with Gasteiger partial charge in [-0.15, -0.1) is 0 Å². The smallest absolute Gasteiger partial charge is 0.165 e. The average molecular weight is 421 g/mol. The summed E-state index contributed by atoms with van der Waals surface area (Å²) in [5.74, 6) is 0.275. The SMILES string of the molecule is CC(=O)c1ccc(-c2cnn3cc(Br)ccc23)nc1-n1nc(C#N)cc1C. The van der Waals surface area contributed by atoms with Gasteiger partial charge in [0.15, 0.2) is 17.3 Å². The summed E-state index contributed by atoms with van der Waals surface area (Å²) in [5.41, 5.74) is 3.83. The van der Waals surface area contributed by atoms with Crippen molar-refractivity contribution < 1.29 is 4.79 Å². The fraction of sp³-hybridized carbons (Fsp3) is 0.105. The number of aryl methyl sites for hydroxylation is 1. The van der Waals surface area contributed by atoms with E-state index in [-0.39, 0.29) is 11.5 Å². The molecule has 7 nitrogen and oxygen atoms in total. The van der Waals surface area contributed by atoms with Crippen LogP contribution in [0.3, 0.4) is 0 Å². The Kier molecular flexibility index (Phi) is 4.09. The van der Waals surface area contributed by atoms with E-state index in [9.17, 15) is 4.79 Å². The lowest BCUT2D eigenvalue weighted by atomic mass is 10.1. The lowest BCUT2D eigenvalue weighted by Crippen LogP contribution is -2.09. The Labute approximate surface area is 163 Å². The van der Waals surface area contributed by atoms with Gasteiger partial charge in [0.1, 0.15) is 6.07 Å². The van der Waals surface area contributed by atoms with Crippen LogP contribution in [-0.2, 0) is 0 Å². The quantitative estimate of drug-likeness (QED) is 0.471. The van der Waals surface area contributed by atoms with Crippen molar-refractivity contribution in [2.75, 3.05) is 0 Å². The van der Waals surface area contributed by atoms with Crippen LogP contribution in [0, 0.1) is 18.3 Å². The minimum absolute atomic E-state index is 0.124. The van der Waals surface area contributed by atoms with Crippen molar-refractivity contribution in [3.05, 3.63) is 64.1 Å². The molecular weight excluding hydrogens is 408 g/mol. The van der Waals surface area contributed by atoms with E-state index < -0.39 is 0 Å². The predicted molar refractivity (Wildman–Crippen MR) is 103 cm³/mol. The number of fused-ring (bicyclic) bond motifs is 1. The van der Waals surface area contributed by atoms with Crippen molar-refractivity contribution in [2.45, 2.75) is 13.8 Å². The van der Waals surface area contributed by atoms with Gasteiger partial charge in [-0.1, -0.05) is 0 Å². The molecule has 0 unspecified atom stereocenters. The highest BCUT2D eigenvalue weighted by atomic mass is 79.9. The van der Waals surface area contributed by atoms with Crippen molar-refractivity contribution in [1.29, 1.82) is 5.26 Å². The van der Waals surface area contributed by atoms with Gasteiger partial charge in [0.05, 0.1) is 23.0 Å². The molecule has 0 fully saturated rings. The maximum Gasteiger partial charge on any atom is 0.165 e. The molecule has 0 aliphatic rings. The first-order valence-corrected chi connectivity index (χ1v) is 8.89. The molecule has 8 heteroatoms. The normalized spacial score (nSPS) is 10.9. The fourth-order valence-electron chi connectivity index (χ4n) is 2.93. The van der Waals surface area contributed by atoms with Crippen LogP contribution in [0.1, 0.15) is 28.7 Å². The first-order valence-electron chi connectivity index (χ1n) is 8.10. The van der Waals surface area contributed by atoms with Crippen LogP contribution in [0.2, 0.25) is 0 Å². The molecule has 4 aromatic heterocycles. The van der Waals surface area contributed by atoms with E-state index in [2.05, 4.69) is 26.1 Å². The summed E-state index contributed by atoms with van der Waals surface area (Å²) in [5, 5.41) is 17.7. The number of carbonyl (C=O) groups excluding carboxylic acids is 1. The van der Waals surface area contributed by atoms with Crippen LogP contribution in [0.4, 0.5) is 0 Å². The molecule has 27 heavy (non-hydrogen) atoms. The van der Waals surface area contributed by atoms with Crippen LogP contribution in [0.25, 0.3) is 22.6 Å². The number of nitriles is 1. The molecule has 4 aromatic rings. The molecule has 0 aliphatic heterocycles. The van der Waals surface area contributed by atoms with Gasteiger partial charge < -0.3 is 0 Å². The highest BCUT2D eigenvalue weighted by Crippen LogP contribution is 2.27. The topological polar surface area (TPSA) is 88.9 Å². The summed E-state index contributed by atoms with van der Waals surface area (Å²) in [6.07, 6.45) is 3.60. The monoisotopic (exact) mass is 420 g/mol. The highest BCUT2D eigenvalue weighted by molar-refractivity contribution is 9.10. The van der Waals surface area contributed by atoms with Gasteiger partial charge in [-0.25, -0.2) is 14.2 Å². The summed E-state index contributed by atoms with van der Waals surface area (Å²) < 4.78 is 4.20. The summed E-state index contributed by atoms with van der Waals surface area (Å²) in [6.45, 7) is 3.30. The van der Waals surface area contributed by atoms with Gasteiger partial charge in [-0.2, -0.15) is 15.5 Å². The largest absolute Gasteiger partial charge is 0.294 e. The van der Waals surface area contributed by atoms with Gasteiger partial charge in [0.25, 0.3) is 0 Å². The average Bonchev–Trinajstić information content (AvgIpc) is 3.23. The van der Waals surface area contributed by atoms with E-state index in [1.54, 1.807) is 28.9 Å². The number of aromatic nitrogens is 5. The number of hydrogen-bond acceptors (Lipinski definition) is 5. The molecule has 4 heterocycles. The van der Waals surface area contributed by atoms with Crippen molar-refractivity contribution in [3.63, 3.8) is 0 Å².